The summed E-state index contributed by atoms with van der Waals surface area (Å²) in [5.74, 6) is 2.12. The van der Waals surface area contributed by atoms with E-state index in [1.54, 1.807) is 0 Å². The van der Waals surface area contributed by atoms with Gasteiger partial charge in [0.15, 0.2) is 0 Å². The zero-order valence-corrected chi connectivity index (χ0v) is 10.8. The van der Waals surface area contributed by atoms with Crippen LogP contribution in [0, 0.1) is 0 Å². The molecule has 2 aromatic rings. The quantitative estimate of drug-likeness (QED) is 0.832. The first-order chi connectivity index (χ1) is 8.69. The highest BCUT2D eigenvalue weighted by Crippen LogP contribution is 2.24. The second kappa shape index (κ2) is 5.74. The minimum atomic E-state index is 0.0586. The van der Waals surface area contributed by atoms with Gasteiger partial charge in [0.2, 0.25) is 0 Å². The van der Waals surface area contributed by atoms with Gasteiger partial charge in [-0.05, 0) is 35.7 Å². The van der Waals surface area contributed by atoms with Gasteiger partial charge in [0.05, 0.1) is 0 Å². The van der Waals surface area contributed by atoms with Gasteiger partial charge >= 0.3 is 7.48 Å². The lowest BCUT2D eigenvalue weighted by molar-refractivity contribution is 0.481. The summed E-state index contributed by atoms with van der Waals surface area (Å²) in [4.78, 5) is 0. The lowest BCUT2D eigenvalue weighted by atomic mass is 9.89. The maximum Gasteiger partial charge on any atom is 0.304 e. The van der Waals surface area contributed by atoms with Crippen LogP contribution in [0.25, 0.3) is 0 Å². The van der Waals surface area contributed by atoms with E-state index in [2.05, 4.69) is 26.0 Å². The molecular weight excluding hydrogens is 223 g/mol. The van der Waals surface area contributed by atoms with Gasteiger partial charge in [0.1, 0.15) is 11.5 Å². The summed E-state index contributed by atoms with van der Waals surface area (Å²) in [6.07, 6.45) is 0. The predicted molar refractivity (Wildman–Crippen MR) is 76.0 cm³/mol. The molecule has 92 valence electrons. The zero-order chi connectivity index (χ0) is 13.0. The second-order valence-corrected chi connectivity index (χ2v) is 4.63. The largest absolute Gasteiger partial charge is 0.457 e. The molecule has 0 amide bonds. The monoisotopic (exact) mass is 240 g/mol. The molecule has 0 aliphatic rings. The van der Waals surface area contributed by atoms with Crippen LogP contribution in [-0.4, -0.2) is 12.5 Å². The lowest BCUT2D eigenvalue weighted by Crippen LogP contribution is -2.11. The van der Waals surface area contributed by atoms with Crippen molar-refractivity contribution in [3.63, 3.8) is 0 Å². The molecule has 0 aromatic heterocycles. The van der Waals surface area contributed by atoms with Crippen molar-refractivity contribution in [2.75, 3.05) is 0 Å². The van der Waals surface area contributed by atoms with Crippen LogP contribution in [-0.2, 0) is 0 Å². The Hall–Kier alpha value is -1.74. The van der Waals surface area contributed by atoms with Gasteiger partial charge in [-0.3, -0.25) is 0 Å². The van der Waals surface area contributed by atoms with Crippen molar-refractivity contribution in [2.45, 2.75) is 19.8 Å². The fourth-order valence-electron chi connectivity index (χ4n) is 1.74. The Morgan fingerprint density at radius 2 is 1.72 bits per heavy atom. The predicted octanol–water partition coefficient (Wildman–Crippen LogP) is 2.57. The van der Waals surface area contributed by atoms with Crippen LogP contribution in [0.15, 0.2) is 48.5 Å². The molecule has 0 heterocycles. The third-order valence-electron chi connectivity index (χ3n) is 2.87. The van der Waals surface area contributed by atoms with Crippen molar-refractivity contribution < 1.29 is 9.76 Å². The summed E-state index contributed by atoms with van der Waals surface area (Å²) in [6, 6.07) is 15.6. The smallest absolute Gasteiger partial charge is 0.304 e. The molecular formula is C15H17BO2. The maximum absolute atomic E-state index is 8.97. The van der Waals surface area contributed by atoms with Crippen molar-refractivity contribution in [1.82, 2.24) is 0 Å². The van der Waals surface area contributed by atoms with Crippen molar-refractivity contribution in [1.29, 1.82) is 0 Å². The Morgan fingerprint density at radius 3 is 2.33 bits per heavy atom. The summed E-state index contributed by atoms with van der Waals surface area (Å²) >= 11 is 0. The molecule has 0 fully saturated rings. The van der Waals surface area contributed by atoms with Crippen LogP contribution in [0.1, 0.15) is 25.3 Å². The highest BCUT2D eigenvalue weighted by molar-refractivity contribution is 6.45. The molecule has 0 unspecified atom stereocenters. The standard InChI is InChI=1S/C15H17BO2/c1-11(2)12-4-3-5-15(10-12)18-14-8-6-13(16-17)7-9-14/h3-11,16-17H,1-2H3. The third-order valence-corrected chi connectivity index (χ3v) is 2.87. The molecule has 0 atom stereocenters. The fourth-order valence-corrected chi connectivity index (χ4v) is 1.74. The Balaban J connectivity index is 2.15. The molecule has 0 aliphatic carbocycles. The van der Waals surface area contributed by atoms with Crippen LogP contribution in [0.2, 0.25) is 0 Å². The molecule has 18 heavy (non-hydrogen) atoms. The minimum absolute atomic E-state index is 0.0586. The van der Waals surface area contributed by atoms with Gasteiger partial charge in [0, 0.05) is 0 Å². The molecule has 0 bridgehead atoms. The summed E-state index contributed by atoms with van der Waals surface area (Å²) < 4.78 is 5.79. The van der Waals surface area contributed by atoms with Gasteiger partial charge in [-0.15, -0.1) is 0 Å². The van der Waals surface area contributed by atoms with Gasteiger partial charge in [-0.2, -0.15) is 0 Å². The molecule has 1 N–H and O–H groups in total. The van der Waals surface area contributed by atoms with Gasteiger partial charge in [0.25, 0.3) is 0 Å². The third kappa shape index (κ3) is 3.14. The average molecular weight is 240 g/mol. The summed E-state index contributed by atoms with van der Waals surface area (Å²) in [6.45, 7) is 4.32. The molecule has 2 rings (SSSR count). The van der Waals surface area contributed by atoms with Crippen LogP contribution in [0.3, 0.4) is 0 Å². The molecule has 0 aliphatic heterocycles. The second-order valence-electron chi connectivity index (χ2n) is 4.63. The van der Waals surface area contributed by atoms with Crippen molar-refractivity contribution >= 4 is 12.9 Å². The molecule has 0 spiro atoms. The SMILES string of the molecule is CC(C)c1cccc(Oc2ccc(BO)cc2)c1. The number of benzene rings is 2. The Bertz CT molecular complexity index is 506. The van der Waals surface area contributed by atoms with E-state index in [1.807, 2.05) is 36.4 Å². The number of ether oxygens (including phenoxy) is 1. The van der Waals surface area contributed by atoms with Crippen molar-refractivity contribution in [3.05, 3.63) is 54.1 Å². The number of rotatable bonds is 4. The van der Waals surface area contributed by atoms with E-state index in [4.69, 9.17) is 9.76 Å². The van der Waals surface area contributed by atoms with Crippen LogP contribution < -0.4 is 10.2 Å². The first-order valence-corrected chi connectivity index (χ1v) is 6.16. The van der Waals surface area contributed by atoms with Crippen LogP contribution >= 0.6 is 0 Å². The topological polar surface area (TPSA) is 29.5 Å². The number of hydrogen-bond donors (Lipinski definition) is 1. The van der Waals surface area contributed by atoms with Gasteiger partial charge in [-0.25, -0.2) is 0 Å². The van der Waals surface area contributed by atoms with Crippen LogP contribution in [0.4, 0.5) is 0 Å². The normalized spacial score (nSPS) is 10.4. The molecule has 2 nitrogen and oxygen atoms in total. The molecule has 0 saturated carbocycles. The zero-order valence-electron chi connectivity index (χ0n) is 10.8. The first kappa shape index (κ1) is 12.7. The van der Waals surface area contributed by atoms with E-state index in [0.717, 1.165) is 17.0 Å². The van der Waals surface area contributed by atoms with E-state index in [9.17, 15) is 0 Å². The van der Waals surface area contributed by atoms with E-state index in [0.29, 0.717) is 5.92 Å². The maximum atomic E-state index is 8.97. The van der Waals surface area contributed by atoms with Crippen molar-refractivity contribution in [3.8, 4) is 11.5 Å². The highest BCUT2D eigenvalue weighted by atomic mass is 16.5. The molecule has 0 saturated heterocycles. The van der Waals surface area contributed by atoms with E-state index < -0.39 is 0 Å². The fraction of sp³-hybridized carbons (Fsp3) is 0.200. The summed E-state index contributed by atoms with van der Waals surface area (Å²) in [5, 5.41) is 8.97. The Morgan fingerprint density at radius 1 is 1.00 bits per heavy atom. The first-order valence-electron chi connectivity index (χ1n) is 6.16. The molecule has 3 heteroatoms. The van der Waals surface area contributed by atoms with E-state index in [-0.39, 0.29) is 7.48 Å². The molecule has 0 radical (unpaired) electrons. The summed E-state index contributed by atoms with van der Waals surface area (Å²) in [7, 11) is 0.0586. The minimum Gasteiger partial charge on any atom is -0.457 e. The molecule has 2 aromatic carbocycles. The Kier molecular flexibility index (Phi) is 4.05. The van der Waals surface area contributed by atoms with E-state index >= 15 is 0 Å². The average Bonchev–Trinajstić information content (AvgIpc) is 2.40. The van der Waals surface area contributed by atoms with Crippen LogP contribution in [0.5, 0.6) is 11.5 Å². The summed E-state index contributed by atoms with van der Waals surface area (Å²) in [5.41, 5.74) is 2.15. The Labute approximate surface area is 109 Å². The van der Waals surface area contributed by atoms with Crippen molar-refractivity contribution in [2.24, 2.45) is 0 Å². The lowest BCUT2D eigenvalue weighted by Gasteiger charge is -2.09. The van der Waals surface area contributed by atoms with Gasteiger partial charge < -0.3 is 9.76 Å². The van der Waals surface area contributed by atoms with Gasteiger partial charge in [-0.1, -0.05) is 43.6 Å². The number of hydrogen-bond acceptors (Lipinski definition) is 2. The van der Waals surface area contributed by atoms with E-state index in [1.165, 1.54) is 5.56 Å². The highest BCUT2D eigenvalue weighted by Gasteiger charge is 2.02.